The Bertz CT molecular complexity index is 1680. The van der Waals surface area contributed by atoms with Gasteiger partial charge in [0.25, 0.3) is 0 Å². The van der Waals surface area contributed by atoms with Crippen molar-refractivity contribution in [3.05, 3.63) is 92.1 Å². The lowest BCUT2D eigenvalue weighted by molar-refractivity contribution is -0.140. The molecule has 0 unspecified atom stereocenters. The summed E-state index contributed by atoms with van der Waals surface area (Å²) >= 11 is 0. The lowest BCUT2D eigenvalue weighted by Crippen LogP contribution is -2.37. The highest BCUT2D eigenvalue weighted by Gasteiger charge is 2.43. The molecule has 1 aliphatic carbocycles. The minimum atomic E-state index is -0.944. The van der Waals surface area contributed by atoms with E-state index in [9.17, 15) is 14.4 Å². The van der Waals surface area contributed by atoms with Gasteiger partial charge in [-0.3, -0.25) is 9.59 Å². The Balaban J connectivity index is 1.59. The van der Waals surface area contributed by atoms with E-state index in [0.29, 0.717) is 59.1 Å². The summed E-state index contributed by atoms with van der Waals surface area (Å²) in [6.07, 6.45) is 2.06. The number of fused-ring (bicyclic) bond motifs is 1. The molecule has 0 radical (unpaired) electrons. The number of aryl methyl sites for hydroxylation is 1. The van der Waals surface area contributed by atoms with Crippen LogP contribution in [0.5, 0.6) is 11.5 Å². The van der Waals surface area contributed by atoms with E-state index in [-0.39, 0.29) is 47.9 Å². The smallest absolute Gasteiger partial charge is 0.336 e. The van der Waals surface area contributed by atoms with Crippen LogP contribution in [0, 0.1) is 6.92 Å². The van der Waals surface area contributed by atoms with Crippen LogP contribution in [0.2, 0.25) is 0 Å². The molecule has 2 atom stereocenters. The Morgan fingerprint density at radius 2 is 1.81 bits per heavy atom. The monoisotopic (exact) mass is 587 g/mol. The summed E-state index contributed by atoms with van der Waals surface area (Å²) in [5, 5.41) is 3.72. The lowest BCUT2D eigenvalue weighted by atomic mass is 9.72. The summed E-state index contributed by atoms with van der Waals surface area (Å²) in [7, 11) is 1.58. The first kappa shape index (κ1) is 30.1. The Morgan fingerprint density at radius 3 is 2.56 bits per heavy atom. The highest BCUT2D eigenvalue weighted by molar-refractivity contribution is 6.04. The van der Waals surface area contributed by atoms with Crippen molar-refractivity contribution in [2.45, 2.75) is 52.4 Å². The van der Waals surface area contributed by atoms with Gasteiger partial charge in [-0.2, -0.15) is 0 Å². The van der Waals surface area contributed by atoms with Gasteiger partial charge in [0, 0.05) is 35.6 Å². The summed E-state index contributed by atoms with van der Waals surface area (Å²) < 4.78 is 28.0. The third-order valence-electron chi connectivity index (χ3n) is 7.94. The van der Waals surface area contributed by atoms with Gasteiger partial charge in [0.1, 0.15) is 12.2 Å². The standard InChI is InChI=1S/C34H37NO8/c1-6-40-12-13-42-34(38)30-20(4)35-25-15-22(21-9-11-28(41-7-2)29(17-21)39-5)16-26(36)32(25)31(30)24-18-43-27-10-8-19(3)14-23(27)33(24)37/h8-11,14,17-18,22,31,35H,6-7,12-13,15-16H2,1-5H3/t22-,31-/m1/s1. The van der Waals surface area contributed by atoms with E-state index in [1.165, 1.54) is 6.26 Å². The number of nitrogens with one attached hydrogen (secondary N) is 1. The molecule has 43 heavy (non-hydrogen) atoms. The normalized spacial score (nSPS) is 18.4. The number of carbonyl (C=O) groups excluding carboxylic acids is 2. The minimum Gasteiger partial charge on any atom is -0.493 e. The molecule has 2 aromatic carbocycles. The average Bonchev–Trinajstić information content (AvgIpc) is 2.99. The summed E-state index contributed by atoms with van der Waals surface area (Å²) in [4.78, 5) is 41.5. The third kappa shape index (κ3) is 5.95. The van der Waals surface area contributed by atoms with Gasteiger partial charge >= 0.3 is 5.97 Å². The summed E-state index contributed by atoms with van der Waals surface area (Å²) in [5.74, 6) is -0.634. The number of methoxy groups -OCH3 is 1. The van der Waals surface area contributed by atoms with Gasteiger partial charge in [-0.25, -0.2) is 4.79 Å². The van der Waals surface area contributed by atoms with Crippen LogP contribution in [0.25, 0.3) is 11.0 Å². The van der Waals surface area contributed by atoms with Crippen molar-refractivity contribution in [2.75, 3.05) is 33.5 Å². The van der Waals surface area contributed by atoms with Crippen molar-refractivity contribution < 1.29 is 33.0 Å². The van der Waals surface area contributed by atoms with E-state index < -0.39 is 11.9 Å². The number of benzene rings is 2. The maximum Gasteiger partial charge on any atom is 0.336 e. The van der Waals surface area contributed by atoms with E-state index in [1.807, 2.05) is 45.0 Å². The van der Waals surface area contributed by atoms with Crippen molar-refractivity contribution in [2.24, 2.45) is 0 Å². The molecule has 0 fully saturated rings. The molecule has 0 bridgehead atoms. The second kappa shape index (κ2) is 12.9. The number of ether oxygens (including phenoxy) is 4. The van der Waals surface area contributed by atoms with Gasteiger partial charge in [0.2, 0.25) is 0 Å². The van der Waals surface area contributed by atoms with Gasteiger partial charge in [-0.15, -0.1) is 0 Å². The first-order valence-electron chi connectivity index (χ1n) is 14.6. The molecular formula is C34H37NO8. The molecule has 1 N–H and O–H groups in total. The van der Waals surface area contributed by atoms with Crippen LogP contribution in [0.1, 0.15) is 62.1 Å². The van der Waals surface area contributed by atoms with Crippen molar-refractivity contribution in [1.82, 2.24) is 5.32 Å². The Kier molecular flexibility index (Phi) is 9.01. The van der Waals surface area contributed by atoms with Crippen LogP contribution in [0.15, 0.2) is 74.4 Å². The molecule has 0 spiro atoms. The molecule has 3 aromatic rings. The van der Waals surface area contributed by atoms with Crippen molar-refractivity contribution in [3.63, 3.8) is 0 Å². The molecule has 1 aromatic heterocycles. The number of ketones is 1. The van der Waals surface area contributed by atoms with Gasteiger partial charge in [0.05, 0.1) is 43.5 Å². The fourth-order valence-corrected chi connectivity index (χ4v) is 5.94. The number of dihydropyridines is 1. The summed E-state index contributed by atoms with van der Waals surface area (Å²) in [5.41, 5.74) is 3.98. The van der Waals surface area contributed by atoms with Gasteiger partial charge in [0.15, 0.2) is 22.7 Å². The molecule has 0 saturated heterocycles. The molecule has 2 heterocycles. The highest BCUT2D eigenvalue weighted by atomic mass is 16.6. The van der Waals surface area contributed by atoms with Crippen molar-refractivity contribution in [3.8, 4) is 11.5 Å². The van der Waals surface area contributed by atoms with Crippen LogP contribution < -0.4 is 20.2 Å². The van der Waals surface area contributed by atoms with E-state index in [1.54, 1.807) is 26.2 Å². The number of hydrogen-bond donors (Lipinski definition) is 1. The maximum absolute atomic E-state index is 14.0. The molecule has 1 aliphatic heterocycles. The average molecular weight is 588 g/mol. The zero-order valence-electron chi connectivity index (χ0n) is 25.2. The van der Waals surface area contributed by atoms with E-state index >= 15 is 0 Å². The molecule has 9 heteroatoms. The molecule has 0 amide bonds. The predicted octanol–water partition coefficient (Wildman–Crippen LogP) is 5.45. The van der Waals surface area contributed by atoms with Crippen LogP contribution in [-0.2, 0) is 19.1 Å². The first-order chi connectivity index (χ1) is 20.8. The molecule has 9 nitrogen and oxygen atoms in total. The SMILES string of the molecule is CCOCCOC(=O)C1=C(C)NC2=C(C(=O)C[C@H](c3ccc(OCC)c(OC)c3)C2)[C@@H]1c1coc2ccc(C)cc2c1=O. The summed E-state index contributed by atoms with van der Waals surface area (Å²) in [6.45, 7) is 8.70. The number of allylic oxidation sites excluding steroid dienone is 3. The van der Waals surface area contributed by atoms with Crippen molar-refractivity contribution >= 4 is 22.7 Å². The van der Waals surface area contributed by atoms with E-state index in [2.05, 4.69) is 5.32 Å². The van der Waals surface area contributed by atoms with E-state index in [4.69, 9.17) is 23.4 Å². The van der Waals surface area contributed by atoms with Crippen LogP contribution >= 0.6 is 0 Å². The van der Waals surface area contributed by atoms with Gasteiger partial charge < -0.3 is 28.7 Å². The second-order valence-corrected chi connectivity index (χ2v) is 10.7. The lowest BCUT2D eigenvalue weighted by Gasteiger charge is -2.36. The first-order valence-corrected chi connectivity index (χ1v) is 14.6. The number of Topliss-reactive ketones (excluding diaryl/α,β-unsaturated/α-hetero) is 1. The quantitative estimate of drug-likeness (QED) is 0.244. The largest absolute Gasteiger partial charge is 0.493 e. The number of hydrogen-bond acceptors (Lipinski definition) is 9. The van der Waals surface area contributed by atoms with E-state index in [0.717, 1.165) is 11.1 Å². The van der Waals surface area contributed by atoms with Gasteiger partial charge in [-0.05, 0) is 69.9 Å². The second-order valence-electron chi connectivity index (χ2n) is 10.7. The zero-order valence-corrected chi connectivity index (χ0v) is 25.2. The topological polar surface area (TPSA) is 113 Å². The maximum atomic E-state index is 14.0. The van der Waals surface area contributed by atoms with Crippen LogP contribution in [-0.4, -0.2) is 45.3 Å². The van der Waals surface area contributed by atoms with Gasteiger partial charge in [-0.1, -0.05) is 17.7 Å². The summed E-state index contributed by atoms with van der Waals surface area (Å²) in [6, 6.07) is 11.1. The third-order valence-corrected chi connectivity index (χ3v) is 7.94. The molecule has 2 aliphatic rings. The molecule has 0 saturated carbocycles. The molecular weight excluding hydrogens is 550 g/mol. The Morgan fingerprint density at radius 1 is 1.00 bits per heavy atom. The molecule has 5 rings (SSSR count). The fraction of sp³-hybridized carbons (Fsp3) is 0.382. The minimum absolute atomic E-state index is 0.0448. The fourth-order valence-electron chi connectivity index (χ4n) is 5.94. The molecule has 226 valence electrons. The van der Waals surface area contributed by atoms with Crippen LogP contribution in [0.4, 0.5) is 0 Å². The van der Waals surface area contributed by atoms with Crippen molar-refractivity contribution in [1.29, 1.82) is 0 Å². The number of carbonyl (C=O) groups is 2. The predicted molar refractivity (Wildman–Crippen MR) is 161 cm³/mol. The highest BCUT2D eigenvalue weighted by Crippen LogP contribution is 2.46. The zero-order chi connectivity index (χ0) is 30.7. The van der Waals surface area contributed by atoms with Crippen LogP contribution in [0.3, 0.4) is 0 Å². The number of rotatable bonds is 10. The Hall–Kier alpha value is -4.37. The Labute approximate surface area is 250 Å². The number of esters is 1.